The Morgan fingerprint density at radius 1 is 0.967 bits per heavy atom. The average Bonchev–Trinajstić information content (AvgIpc) is 2.76. The Kier molecular flexibility index (Phi) is 7.26. The van der Waals surface area contributed by atoms with Gasteiger partial charge in [0.1, 0.15) is 0 Å². The molecule has 1 aromatic rings. The standard InChI is InChI=1S/C27H37F3/c1-2-3-4-5-18-7-9-23-17-25(27(30)26(29)24(23)15-18)22-11-10-20-14-19(12-13-28)6-8-21(20)16-22/h12-13,17-22H,2-11,14-16H2,1H3/b13-12+. The van der Waals surface area contributed by atoms with Crippen molar-refractivity contribution in [3.63, 3.8) is 0 Å². The highest BCUT2D eigenvalue weighted by Gasteiger charge is 2.37. The van der Waals surface area contributed by atoms with E-state index < -0.39 is 11.6 Å². The maximum atomic E-state index is 15.2. The van der Waals surface area contributed by atoms with Crippen LogP contribution in [-0.4, -0.2) is 0 Å². The summed E-state index contributed by atoms with van der Waals surface area (Å²) in [6, 6.07) is 2.03. The van der Waals surface area contributed by atoms with E-state index in [1.165, 1.54) is 19.3 Å². The zero-order valence-corrected chi connectivity index (χ0v) is 18.4. The minimum atomic E-state index is -0.569. The smallest absolute Gasteiger partial charge is 0.162 e. The van der Waals surface area contributed by atoms with Crippen molar-refractivity contribution in [2.45, 2.75) is 96.3 Å². The lowest BCUT2D eigenvalue weighted by atomic mass is 9.63. The van der Waals surface area contributed by atoms with Crippen molar-refractivity contribution >= 4 is 0 Å². The van der Waals surface area contributed by atoms with E-state index in [1.807, 2.05) is 6.07 Å². The van der Waals surface area contributed by atoms with E-state index in [9.17, 15) is 4.39 Å². The number of hydrogen-bond acceptors (Lipinski definition) is 0. The van der Waals surface area contributed by atoms with Crippen LogP contribution in [0.3, 0.4) is 0 Å². The van der Waals surface area contributed by atoms with Gasteiger partial charge in [-0.1, -0.05) is 44.7 Å². The van der Waals surface area contributed by atoms with Crippen molar-refractivity contribution in [1.82, 2.24) is 0 Å². The molecule has 1 aromatic carbocycles. The molecular weight excluding hydrogens is 381 g/mol. The maximum Gasteiger partial charge on any atom is 0.162 e. The van der Waals surface area contributed by atoms with Gasteiger partial charge in [-0.15, -0.1) is 0 Å². The summed E-state index contributed by atoms with van der Waals surface area (Å²) in [5.41, 5.74) is 2.37. The second-order valence-electron chi connectivity index (χ2n) is 10.3. The molecule has 30 heavy (non-hydrogen) atoms. The van der Waals surface area contributed by atoms with Gasteiger partial charge in [0.2, 0.25) is 0 Å². The van der Waals surface area contributed by atoms with Crippen LogP contribution >= 0.6 is 0 Å². The SMILES string of the molecule is CCCCCC1CCc2cc(C3CCC4CC(/C=C/F)CCC4C3)c(F)c(F)c2C1. The third kappa shape index (κ3) is 4.65. The van der Waals surface area contributed by atoms with E-state index in [2.05, 4.69) is 6.92 Å². The van der Waals surface area contributed by atoms with Crippen molar-refractivity contribution < 1.29 is 13.2 Å². The lowest BCUT2D eigenvalue weighted by Crippen LogP contribution is -2.30. The molecule has 2 saturated carbocycles. The zero-order valence-electron chi connectivity index (χ0n) is 18.4. The van der Waals surface area contributed by atoms with E-state index in [0.29, 0.717) is 47.5 Å². The van der Waals surface area contributed by atoms with Gasteiger partial charge in [0.05, 0.1) is 6.33 Å². The molecule has 5 unspecified atom stereocenters. The van der Waals surface area contributed by atoms with Gasteiger partial charge >= 0.3 is 0 Å². The van der Waals surface area contributed by atoms with Crippen molar-refractivity contribution in [2.75, 3.05) is 0 Å². The van der Waals surface area contributed by atoms with Crippen LogP contribution in [0, 0.1) is 35.3 Å². The molecule has 0 bridgehead atoms. The summed E-state index contributed by atoms with van der Waals surface area (Å²) >= 11 is 0. The first-order valence-corrected chi connectivity index (χ1v) is 12.4. The monoisotopic (exact) mass is 418 g/mol. The largest absolute Gasteiger partial charge is 0.216 e. The van der Waals surface area contributed by atoms with Crippen molar-refractivity contribution in [3.05, 3.63) is 46.8 Å². The number of hydrogen-bond donors (Lipinski definition) is 0. The van der Waals surface area contributed by atoms with E-state index in [0.717, 1.165) is 63.4 Å². The molecule has 0 aromatic heterocycles. The number of unbranched alkanes of at least 4 members (excludes halogenated alkanes) is 2. The molecule has 0 spiro atoms. The molecule has 0 saturated heterocycles. The molecule has 0 heterocycles. The van der Waals surface area contributed by atoms with Gasteiger partial charge in [0.15, 0.2) is 11.6 Å². The maximum absolute atomic E-state index is 15.2. The van der Waals surface area contributed by atoms with Gasteiger partial charge in [0, 0.05) is 0 Å². The predicted octanol–water partition coefficient (Wildman–Crippen LogP) is 8.43. The molecule has 0 N–H and O–H groups in total. The average molecular weight is 419 g/mol. The molecule has 3 aliphatic carbocycles. The predicted molar refractivity (Wildman–Crippen MR) is 117 cm³/mol. The molecule has 4 rings (SSSR count). The third-order valence-corrected chi connectivity index (χ3v) is 8.40. The Hall–Kier alpha value is -1.25. The molecular formula is C27H37F3. The molecule has 2 fully saturated rings. The van der Waals surface area contributed by atoms with Crippen LogP contribution < -0.4 is 0 Å². The highest BCUT2D eigenvalue weighted by molar-refractivity contribution is 5.38. The quantitative estimate of drug-likeness (QED) is 0.407. The lowest BCUT2D eigenvalue weighted by Gasteiger charge is -2.42. The Balaban J connectivity index is 1.46. The number of benzene rings is 1. The minimum Gasteiger partial charge on any atom is -0.216 e. The fourth-order valence-corrected chi connectivity index (χ4v) is 6.64. The van der Waals surface area contributed by atoms with Crippen LogP contribution in [0.15, 0.2) is 18.5 Å². The van der Waals surface area contributed by atoms with Crippen LogP contribution in [0.4, 0.5) is 13.2 Å². The minimum absolute atomic E-state index is 0.140. The molecule has 3 aliphatic rings. The van der Waals surface area contributed by atoms with E-state index in [1.54, 1.807) is 6.08 Å². The lowest BCUT2D eigenvalue weighted by molar-refractivity contribution is 0.132. The van der Waals surface area contributed by atoms with Crippen molar-refractivity contribution in [3.8, 4) is 0 Å². The van der Waals surface area contributed by atoms with E-state index >= 15 is 8.78 Å². The highest BCUT2D eigenvalue weighted by Crippen LogP contribution is 2.49. The van der Waals surface area contributed by atoms with Crippen LogP contribution in [0.2, 0.25) is 0 Å². The van der Waals surface area contributed by atoms with Gasteiger partial charge in [-0.2, -0.15) is 0 Å². The molecule has 166 valence electrons. The topological polar surface area (TPSA) is 0 Å². The van der Waals surface area contributed by atoms with E-state index in [-0.39, 0.29) is 5.92 Å². The summed E-state index contributed by atoms with van der Waals surface area (Å²) in [4.78, 5) is 0. The van der Waals surface area contributed by atoms with E-state index in [4.69, 9.17) is 0 Å². The van der Waals surface area contributed by atoms with Crippen LogP contribution in [0.5, 0.6) is 0 Å². The zero-order chi connectivity index (χ0) is 21.1. The van der Waals surface area contributed by atoms with Gasteiger partial charge in [0.25, 0.3) is 0 Å². The Bertz CT molecular complexity index is 753. The van der Waals surface area contributed by atoms with Crippen LogP contribution in [0.25, 0.3) is 0 Å². The van der Waals surface area contributed by atoms with Crippen molar-refractivity contribution in [1.29, 1.82) is 0 Å². The summed E-state index contributed by atoms with van der Waals surface area (Å²) in [5, 5.41) is 0. The van der Waals surface area contributed by atoms with Crippen molar-refractivity contribution in [2.24, 2.45) is 23.7 Å². The first-order valence-electron chi connectivity index (χ1n) is 12.4. The summed E-state index contributed by atoms with van der Waals surface area (Å²) in [7, 11) is 0. The van der Waals surface area contributed by atoms with Gasteiger partial charge in [-0.3, -0.25) is 0 Å². The van der Waals surface area contributed by atoms with Gasteiger partial charge in [-0.05, 0) is 104 Å². The second-order valence-corrected chi connectivity index (χ2v) is 10.3. The van der Waals surface area contributed by atoms with Crippen LogP contribution in [0.1, 0.15) is 100 Å². The molecule has 0 amide bonds. The summed E-state index contributed by atoms with van der Waals surface area (Å²) in [5.74, 6) is 1.08. The number of rotatable bonds is 6. The van der Waals surface area contributed by atoms with Gasteiger partial charge < -0.3 is 0 Å². The Morgan fingerprint density at radius 3 is 2.57 bits per heavy atom. The number of aryl methyl sites for hydroxylation is 1. The first kappa shape index (κ1) is 22.0. The molecule has 5 atom stereocenters. The fraction of sp³-hybridized carbons (Fsp3) is 0.704. The summed E-state index contributed by atoms with van der Waals surface area (Å²) < 4.78 is 42.8. The molecule has 3 heteroatoms. The molecule has 0 nitrogen and oxygen atoms in total. The van der Waals surface area contributed by atoms with Crippen LogP contribution in [-0.2, 0) is 12.8 Å². The number of fused-ring (bicyclic) bond motifs is 2. The second kappa shape index (κ2) is 9.92. The normalized spacial score (nSPS) is 31.5. The summed E-state index contributed by atoms with van der Waals surface area (Å²) in [6.07, 6.45) is 16.0. The molecule has 0 aliphatic heterocycles. The Morgan fingerprint density at radius 2 is 1.77 bits per heavy atom. The number of allylic oxidation sites excluding steroid dienone is 1. The van der Waals surface area contributed by atoms with Gasteiger partial charge in [-0.25, -0.2) is 13.2 Å². The third-order valence-electron chi connectivity index (χ3n) is 8.40. The first-order chi connectivity index (χ1) is 14.6. The fourth-order valence-electron chi connectivity index (χ4n) is 6.64. The summed E-state index contributed by atoms with van der Waals surface area (Å²) in [6.45, 7) is 2.20. The molecule has 0 radical (unpaired) electrons. The number of halogens is 3. The Labute approximate surface area is 180 Å². The highest BCUT2D eigenvalue weighted by atomic mass is 19.2.